The minimum absolute atomic E-state index is 0.464. The minimum atomic E-state index is 0.464. The number of hydrogen-bond acceptors (Lipinski definition) is 3. The molecule has 17 heavy (non-hydrogen) atoms. The summed E-state index contributed by atoms with van der Waals surface area (Å²) >= 11 is 1.82. The molecule has 0 aliphatic heterocycles. The van der Waals surface area contributed by atoms with Crippen LogP contribution in [0.5, 0.6) is 0 Å². The van der Waals surface area contributed by atoms with Crippen LogP contribution in [0.15, 0.2) is 29.7 Å². The van der Waals surface area contributed by atoms with Gasteiger partial charge in [0.1, 0.15) is 0 Å². The molecule has 0 amide bonds. The molecule has 0 fully saturated rings. The Balaban J connectivity index is 2.38. The fraction of sp³-hybridized carbons (Fsp3) is 0.571. The first kappa shape index (κ1) is 14.4. The van der Waals surface area contributed by atoms with Crippen LogP contribution >= 0.6 is 11.3 Å². The van der Waals surface area contributed by atoms with Crippen LogP contribution in [-0.4, -0.2) is 31.1 Å². The number of nitrogens with one attached hydrogen (secondary N) is 1. The Labute approximate surface area is 109 Å². The van der Waals surface area contributed by atoms with Crippen molar-refractivity contribution in [3.05, 3.63) is 34.5 Å². The molecular weight excluding hydrogens is 228 g/mol. The molecule has 0 aliphatic rings. The zero-order chi connectivity index (χ0) is 12.8. The topological polar surface area (TPSA) is 15.3 Å². The van der Waals surface area contributed by atoms with Crippen molar-refractivity contribution in [3.8, 4) is 0 Å². The molecule has 1 atom stereocenters. The molecule has 0 saturated carbocycles. The number of hydrogen-bond donors (Lipinski definition) is 1. The Morgan fingerprint density at radius 3 is 2.71 bits per heavy atom. The lowest BCUT2D eigenvalue weighted by atomic mass is 10.2. The van der Waals surface area contributed by atoms with Crippen molar-refractivity contribution in [2.24, 2.45) is 0 Å². The third kappa shape index (κ3) is 5.02. The number of thiophene rings is 1. The Bertz CT molecular complexity index is 330. The van der Waals surface area contributed by atoms with Crippen molar-refractivity contribution in [1.82, 2.24) is 10.2 Å². The van der Waals surface area contributed by atoms with E-state index in [-0.39, 0.29) is 0 Å². The molecule has 0 radical (unpaired) electrons. The van der Waals surface area contributed by atoms with Crippen LogP contribution in [-0.2, 0) is 0 Å². The SMILES string of the molecule is C=C(CNC(C)C)CN(C)C(C)c1cccs1. The summed E-state index contributed by atoms with van der Waals surface area (Å²) in [7, 11) is 2.16. The smallest absolute Gasteiger partial charge is 0.0413 e. The Morgan fingerprint density at radius 2 is 2.18 bits per heavy atom. The van der Waals surface area contributed by atoms with Gasteiger partial charge in [0.05, 0.1) is 0 Å². The van der Waals surface area contributed by atoms with Gasteiger partial charge in [0, 0.05) is 30.1 Å². The highest BCUT2D eigenvalue weighted by Gasteiger charge is 2.13. The maximum absolute atomic E-state index is 4.13. The van der Waals surface area contributed by atoms with E-state index in [2.05, 4.69) is 62.1 Å². The van der Waals surface area contributed by atoms with E-state index in [1.165, 1.54) is 10.5 Å². The summed E-state index contributed by atoms with van der Waals surface area (Å²) in [6, 6.07) is 5.29. The van der Waals surface area contributed by atoms with Crippen LogP contribution in [0.2, 0.25) is 0 Å². The van der Waals surface area contributed by atoms with Gasteiger partial charge in [-0.3, -0.25) is 4.90 Å². The van der Waals surface area contributed by atoms with Gasteiger partial charge in [0.2, 0.25) is 0 Å². The maximum atomic E-state index is 4.13. The van der Waals surface area contributed by atoms with Gasteiger partial charge in [0.25, 0.3) is 0 Å². The molecule has 0 spiro atoms. The number of nitrogens with zero attached hydrogens (tertiary/aromatic N) is 1. The summed E-state index contributed by atoms with van der Waals surface area (Å²) in [4.78, 5) is 3.76. The van der Waals surface area contributed by atoms with Crippen LogP contribution < -0.4 is 5.32 Å². The largest absolute Gasteiger partial charge is 0.311 e. The Kier molecular flexibility index (Phi) is 5.89. The lowest BCUT2D eigenvalue weighted by molar-refractivity contribution is 0.285. The standard InChI is InChI=1S/C14H24N2S/c1-11(2)15-9-12(3)10-16(5)13(4)14-7-6-8-17-14/h6-8,11,13,15H,3,9-10H2,1-2,4-5H3. The van der Waals surface area contributed by atoms with E-state index in [0.29, 0.717) is 12.1 Å². The van der Waals surface area contributed by atoms with Crippen LogP contribution in [0.4, 0.5) is 0 Å². The second kappa shape index (κ2) is 6.94. The van der Waals surface area contributed by atoms with Crippen molar-refractivity contribution >= 4 is 11.3 Å². The third-order valence-corrected chi connectivity index (χ3v) is 3.89. The summed E-state index contributed by atoms with van der Waals surface area (Å²) in [5, 5.41) is 5.53. The van der Waals surface area contributed by atoms with E-state index in [9.17, 15) is 0 Å². The van der Waals surface area contributed by atoms with Crippen LogP contribution in [0.25, 0.3) is 0 Å². The highest BCUT2D eigenvalue weighted by atomic mass is 32.1. The van der Waals surface area contributed by atoms with Crippen molar-refractivity contribution in [3.63, 3.8) is 0 Å². The first-order valence-corrected chi connectivity index (χ1v) is 7.02. The van der Waals surface area contributed by atoms with E-state index in [1.807, 2.05) is 11.3 Å². The summed E-state index contributed by atoms with van der Waals surface area (Å²) in [5.74, 6) is 0. The average molecular weight is 252 g/mol. The molecule has 1 heterocycles. The van der Waals surface area contributed by atoms with Gasteiger partial charge in [0.15, 0.2) is 0 Å². The van der Waals surface area contributed by atoms with Gasteiger partial charge in [-0.15, -0.1) is 11.3 Å². The lowest BCUT2D eigenvalue weighted by Gasteiger charge is -2.25. The summed E-state index contributed by atoms with van der Waals surface area (Å²) in [5.41, 5.74) is 1.24. The van der Waals surface area contributed by atoms with Crippen LogP contribution in [0.1, 0.15) is 31.7 Å². The van der Waals surface area contributed by atoms with Crippen LogP contribution in [0.3, 0.4) is 0 Å². The quantitative estimate of drug-likeness (QED) is 0.749. The zero-order valence-corrected chi connectivity index (χ0v) is 12.2. The first-order valence-electron chi connectivity index (χ1n) is 6.14. The van der Waals surface area contributed by atoms with Gasteiger partial charge < -0.3 is 5.32 Å². The van der Waals surface area contributed by atoms with E-state index in [1.54, 1.807) is 0 Å². The summed E-state index contributed by atoms with van der Waals surface area (Å²) < 4.78 is 0. The van der Waals surface area contributed by atoms with Crippen molar-refractivity contribution in [2.45, 2.75) is 32.9 Å². The zero-order valence-electron chi connectivity index (χ0n) is 11.4. The molecule has 1 rings (SSSR count). The predicted molar refractivity (Wildman–Crippen MR) is 77.6 cm³/mol. The highest BCUT2D eigenvalue weighted by Crippen LogP contribution is 2.23. The van der Waals surface area contributed by atoms with Crippen LogP contribution in [0, 0.1) is 0 Å². The fourth-order valence-corrected chi connectivity index (χ4v) is 2.49. The fourth-order valence-electron chi connectivity index (χ4n) is 1.64. The Morgan fingerprint density at radius 1 is 1.47 bits per heavy atom. The number of rotatable bonds is 7. The molecule has 0 aromatic carbocycles. The van der Waals surface area contributed by atoms with E-state index >= 15 is 0 Å². The minimum Gasteiger partial charge on any atom is -0.311 e. The van der Waals surface area contributed by atoms with Gasteiger partial charge >= 0.3 is 0 Å². The second-order valence-corrected chi connectivity index (χ2v) is 5.87. The second-order valence-electron chi connectivity index (χ2n) is 4.89. The predicted octanol–water partition coefficient (Wildman–Crippen LogP) is 3.30. The molecule has 1 aromatic rings. The van der Waals surface area contributed by atoms with E-state index in [0.717, 1.165) is 13.1 Å². The molecule has 1 unspecified atom stereocenters. The van der Waals surface area contributed by atoms with Crippen molar-refractivity contribution in [1.29, 1.82) is 0 Å². The monoisotopic (exact) mass is 252 g/mol. The molecule has 2 nitrogen and oxygen atoms in total. The van der Waals surface area contributed by atoms with Crippen molar-refractivity contribution in [2.75, 3.05) is 20.1 Å². The van der Waals surface area contributed by atoms with Gasteiger partial charge in [-0.05, 0) is 31.0 Å². The first-order chi connectivity index (χ1) is 8.00. The molecule has 3 heteroatoms. The average Bonchev–Trinajstić information content (AvgIpc) is 2.78. The maximum Gasteiger partial charge on any atom is 0.0413 e. The van der Waals surface area contributed by atoms with Gasteiger partial charge in [-0.2, -0.15) is 0 Å². The van der Waals surface area contributed by atoms with Crippen molar-refractivity contribution < 1.29 is 0 Å². The van der Waals surface area contributed by atoms with E-state index in [4.69, 9.17) is 0 Å². The molecule has 0 aliphatic carbocycles. The molecule has 0 bridgehead atoms. The third-order valence-electron chi connectivity index (χ3n) is 2.85. The van der Waals surface area contributed by atoms with E-state index < -0.39 is 0 Å². The Hall–Kier alpha value is -0.640. The molecule has 0 saturated heterocycles. The number of likely N-dealkylation sites (N-methyl/N-ethyl adjacent to an activating group) is 1. The van der Waals surface area contributed by atoms with Gasteiger partial charge in [-0.1, -0.05) is 26.5 Å². The normalized spacial score (nSPS) is 13.3. The molecular formula is C14H24N2S. The van der Waals surface area contributed by atoms with Gasteiger partial charge in [-0.25, -0.2) is 0 Å². The molecule has 96 valence electrons. The molecule has 1 N–H and O–H groups in total. The molecule has 1 aromatic heterocycles. The lowest BCUT2D eigenvalue weighted by Crippen LogP contribution is -2.30. The summed E-state index contributed by atoms with van der Waals surface area (Å²) in [6.07, 6.45) is 0. The summed E-state index contributed by atoms with van der Waals surface area (Å²) in [6.45, 7) is 12.5. The highest BCUT2D eigenvalue weighted by molar-refractivity contribution is 7.10.